The maximum atomic E-state index is 12.5. The molecule has 0 unspecified atom stereocenters. The fourth-order valence-electron chi connectivity index (χ4n) is 1.56. The molecule has 0 aliphatic carbocycles. The van der Waals surface area contributed by atoms with Crippen molar-refractivity contribution in [3.8, 4) is 11.3 Å². The van der Waals surface area contributed by atoms with E-state index in [4.69, 9.17) is 23.2 Å². The van der Waals surface area contributed by atoms with Gasteiger partial charge in [-0.3, -0.25) is 4.98 Å². The van der Waals surface area contributed by atoms with Crippen LogP contribution in [0.5, 0.6) is 0 Å². The van der Waals surface area contributed by atoms with E-state index < -0.39 is 11.7 Å². The molecule has 1 aromatic heterocycles. The summed E-state index contributed by atoms with van der Waals surface area (Å²) >= 11 is 11.5. The topological polar surface area (TPSA) is 12.9 Å². The number of pyridine rings is 1. The first-order valence-corrected chi connectivity index (χ1v) is 6.21. The molecule has 100 valence electrons. The Balaban J connectivity index is 2.40. The molecule has 0 atom stereocenters. The Morgan fingerprint density at radius 2 is 1.74 bits per heavy atom. The first-order chi connectivity index (χ1) is 8.91. The van der Waals surface area contributed by atoms with E-state index in [1.54, 1.807) is 24.3 Å². The molecule has 0 fully saturated rings. The van der Waals surface area contributed by atoms with Gasteiger partial charge in [0.05, 0.1) is 16.3 Å². The maximum absolute atomic E-state index is 12.5. The Kier molecular flexibility index (Phi) is 4.02. The van der Waals surface area contributed by atoms with E-state index in [1.807, 2.05) is 0 Å². The van der Waals surface area contributed by atoms with Crippen LogP contribution >= 0.6 is 23.2 Å². The van der Waals surface area contributed by atoms with Crippen LogP contribution in [0.15, 0.2) is 36.5 Å². The van der Waals surface area contributed by atoms with Gasteiger partial charge in [-0.05, 0) is 11.6 Å². The number of benzene rings is 1. The van der Waals surface area contributed by atoms with Crippen LogP contribution in [0.25, 0.3) is 11.3 Å². The fourth-order valence-corrected chi connectivity index (χ4v) is 2.01. The van der Waals surface area contributed by atoms with Crippen LogP contribution in [0.4, 0.5) is 13.2 Å². The molecule has 0 N–H and O–H groups in total. The molecule has 0 spiro atoms. The highest BCUT2D eigenvalue weighted by Crippen LogP contribution is 2.33. The minimum atomic E-state index is -4.45. The lowest BCUT2D eigenvalue weighted by atomic mass is 10.1. The Bertz CT molecular complexity index is 579. The fraction of sp³-hybridized carbons (Fsp3) is 0.154. The molecular formula is C13H8Cl2F3N. The monoisotopic (exact) mass is 305 g/mol. The third-order valence-corrected chi connectivity index (χ3v) is 3.15. The van der Waals surface area contributed by atoms with Crippen LogP contribution in [0.2, 0.25) is 5.02 Å². The van der Waals surface area contributed by atoms with Crippen LogP contribution in [-0.2, 0) is 12.1 Å². The van der Waals surface area contributed by atoms with Crippen LogP contribution in [0.1, 0.15) is 11.1 Å². The Morgan fingerprint density at radius 3 is 2.21 bits per heavy atom. The van der Waals surface area contributed by atoms with Crippen LogP contribution in [0.3, 0.4) is 0 Å². The highest BCUT2D eigenvalue weighted by Gasteiger charge is 2.31. The maximum Gasteiger partial charge on any atom is 0.417 e. The summed E-state index contributed by atoms with van der Waals surface area (Å²) in [6.07, 6.45) is -3.67. The zero-order valence-corrected chi connectivity index (χ0v) is 11.0. The quantitative estimate of drug-likeness (QED) is 0.698. The summed E-state index contributed by atoms with van der Waals surface area (Å²) in [7, 11) is 0. The zero-order valence-electron chi connectivity index (χ0n) is 9.51. The first kappa shape index (κ1) is 14.2. The standard InChI is InChI=1S/C13H8Cl2F3N/c14-6-8-1-3-9(4-2-8)12-11(15)5-10(7-19-12)13(16,17)18/h1-5,7H,6H2. The molecule has 6 heteroatoms. The molecule has 19 heavy (non-hydrogen) atoms. The molecule has 1 heterocycles. The van der Waals surface area contributed by atoms with Gasteiger partial charge >= 0.3 is 6.18 Å². The van der Waals surface area contributed by atoms with E-state index in [2.05, 4.69) is 4.98 Å². The van der Waals surface area contributed by atoms with E-state index in [0.29, 0.717) is 17.1 Å². The summed E-state index contributed by atoms with van der Waals surface area (Å²) in [5.74, 6) is 0.369. The second-order valence-corrected chi connectivity index (χ2v) is 4.56. The van der Waals surface area contributed by atoms with Gasteiger partial charge in [-0.25, -0.2) is 0 Å². The van der Waals surface area contributed by atoms with Crippen molar-refractivity contribution in [2.75, 3.05) is 0 Å². The van der Waals surface area contributed by atoms with E-state index in [-0.39, 0.29) is 5.02 Å². The molecule has 1 nitrogen and oxygen atoms in total. The van der Waals surface area contributed by atoms with Crippen molar-refractivity contribution in [2.24, 2.45) is 0 Å². The van der Waals surface area contributed by atoms with E-state index >= 15 is 0 Å². The summed E-state index contributed by atoms with van der Waals surface area (Å²) in [5.41, 5.74) is 1.01. The van der Waals surface area contributed by atoms with E-state index in [1.165, 1.54) is 0 Å². The minimum absolute atomic E-state index is 0.0338. The van der Waals surface area contributed by atoms with Crippen molar-refractivity contribution in [3.05, 3.63) is 52.7 Å². The first-order valence-electron chi connectivity index (χ1n) is 5.30. The average Bonchev–Trinajstić information content (AvgIpc) is 2.38. The van der Waals surface area contributed by atoms with Crippen molar-refractivity contribution in [3.63, 3.8) is 0 Å². The molecule has 2 rings (SSSR count). The number of nitrogens with zero attached hydrogens (tertiary/aromatic N) is 1. The SMILES string of the molecule is FC(F)(F)c1cnc(-c2ccc(CCl)cc2)c(Cl)c1. The number of aromatic nitrogens is 1. The van der Waals surface area contributed by atoms with Gasteiger partial charge in [0.15, 0.2) is 0 Å². The lowest BCUT2D eigenvalue weighted by molar-refractivity contribution is -0.137. The molecule has 0 amide bonds. The van der Waals surface area contributed by atoms with E-state index in [0.717, 1.165) is 17.8 Å². The molecule has 0 aliphatic rings. The van der Waals surface area contributed by atoms with Gasteiger partial charge in [0.1, 0.15) is 0 Å². The molecular weight excluding hydrogens is 298 g/mol. The predicted octanol–water partition coefficient (Wildman–Crippen LogP) is 5.16. The highest BCUT2D eigenvalue weighted by atomic mass is 35.5. The van der Waals surface area contributed by atoms with Gasteiger partial charge in [-0.2, -0.15) is 13.2 Å². The normalized spacial score (nSPS) is 11.6. The van der Waals surface area contributed by atoms with Gasteiger partial charge in [0, 0.05) is 17.6 Å². The van der Waals surface area contributed by atoms with Crippen molar-refractivity contribution in [2.45, 2.75) is 12.1 Å². The lowest BCUT2D eigenvalue weighted by Crippen LogP contribution is -2.05. The van der Waals surface area contributed by atoms with Crippen LogP contribution < -0.4 is 0 Å². The second-order valence-electron chi connectivity index (χ2n) is 3.88. The van der Waals surface area contributed by atoms with Crippen molar-refractivity contribution < 1.29 is 13.2 Å². The molecule has 1 aromatic carbocycles. The van der Waals surface area contributed by atoms with Gasteiger partial charge in [0.2, 0.25) is 0 Å². The summed E-state index contributed by atoms with van der Waals surface area (Å²) in [5, 5.41) is -0.0338. The Morgan fingerprint density at radius 1 is 1.11 bits per heavy atom. The summed E-state index contributed by atoms with van der Waals surface area (Å²) in [6.45, 7) is 0. The molecule has 0 saturated carbocycles. The minimum Gasteiger partial charge on any atom is -0.254 e. The number of hydrogen-bond acceptors (Lipinski definition) is 1. The largest absolute Gasteiger partial charge is 0.417 e. The Hall–Kier alpha value is -1.26. The van der Waals surface area contributed by atoms with Crippen molar-refractivity contribution in [1.82, 2.24) is 4.98 Å². The predicted molar refractivity (Wildman–Crippen MR) is 69.2 cm³/mol. The summed E-state index contributed by atoms with van der Waals surface area (Å²) in [6, 6.07) is 7.87. The second kappa shape index (κ2) is 5.39. The molecule has 0 aliphatic heterocycles. The third-order valence-electron chi connectivity index (χ3n) is 2.55. The average molecular weight is 306 g/mol. The lowest BCUT2D eigenvalue weighted by Gasteiger charge is -2.09. The summed E-state index contributed by atoms with van der Waals surface area (Å²) in [4.78, 5) is 3.79. The molecule has 0 bridgehead atoms. The third kappa shape index (κ3) is 3.19. The zero-order chi connectivity index (χ0) is 14.0. The molecule has 0 radical (unpaired) electrons. The van der Waals surface area contributed by atoms with Gasteiger partial charge in [-0.1, -0.05) is 35.9 Å². The molecule has 0 saturated heterocycles. The van der Waals surface area contributed by atoms with Crippen LogP contribution in [-0.4, -0.2) is 4.98 Å². The molecule has 2 aromatic rings. The number of alkyl halides is 4. The van der Waals surface area contributed by atoms with Crippen LogP contribution in [0, 0.1) is 0 Å². The number of halogens is 5. The van der Waals surface area contributed by atoms with Gasteiger partial charge < -0.3 is 0 Å². The summed E-state index contributed by atoms with van der Waals surface area (Å²) < 4.78 is 37.5. The number of hydrogen-bond donors (Lipinski definition) is 0. The van der Waals surface area contributed by atoms with E-state index in [9.17, 15) is 13.2 Å². The number of rotatable bonds is 2. The Labute approximate surface area is 118 Å². The van der Waals surface area contributed by atoms with Crippen molar-refractivity contribution >= 4 is 23.2 Å². The van der Waals surface area contributed by atoms with Gasteiger partial charge in [0.25, 0.3) is 0 Å². The smallest absolute Gasteiger partial charge is 0.254 e. The highest BCUT2D eigenvalue weighted by molar-refractivity contribution is 6.33. The van der Waals surface area contributed by atoms with Gasteiger partial charge in [-0.15, -0.1) is 11.6 Å². The van der Waals surface area contributed by atoms with Crippen molar-refractivity contribution in [1.29, 1.82) is 0 Å².